The highest BCUT2D eigenvalue weighted by Crippen LogP contribution is 2.26. The van der Waals surface area contributed by atoms with E-state index in [0.717, 1.165) is 16.9 Å². The first-order valence-corrected chi connectivity index (χ1v) is 7.85. The molecule has 0 radical (unpaired) electrons. The van der Waals surface area contributed by atoms with Crippen LogP contribution >= 0.6 is 0 Å². The molecule has 0 aliphatic rings. The molecule has 0 saturated heterocycles. The van der Waals surface area contributed by atoms with Crippen LogP contribution in [0.2, 0.25) is 0 Å². The van der Waals surface area contributed by atoms with E-state index in [1.807, 2.05) is 18.2 Å². The summed E-state index contributed by atoms with van der Waals surface area (Å²) in [5, 5.41) is 16.6. The van der Waals surface area contributed by atoms with Gasteiger partial charge < -0.3 is 14.8 Å². The van der Waals surface area contributed by atoms with E-state index in [-0.39, 0.29) is 5.69 Å². The predicted octanol–water partition coefficient (Wildman–Crippen LogP) is 2.38. The number of aryl methyl sites for hydroxylation is 1. The van der Waals surface area contributed by atoms with Crippen LogP contribution in [-0.2, 0) is 13.6 Å². The van der Waals surface area contributed by atoms with E-state index in [9.17, 15) is 5.26 Å². The standard InChI is InChI=1S/C18H18N6O2/c1-24-11-13(9-22-24)18-15(7-19)20-10-17(23-18)21-8-12-4-5-14(25-2)6-16(12)26-3/h4-6,9-11H,8H2,1-3H3,(H,21,23). The average molecular weight is 350 g/mol. The van der Waals surface area contributed by atoms with Gasteiger partial charge in [-0.15, -0.1) is 0 Å². The first kappa shape index (κ1) is 17.2. The van der Waals surface area contributed by atoms with E-state index in [0.29, 0.717) is 23.8 Å². The second-order valence-electron chi connectivity index (χ2n) is 5.50. The third kappa shape index (κ3) is 3.57. The highest BCUT2D eigenvalue weighted by Gasteiger charge is 2.12. The lowest BCUT2D eigenvalue weighted by atomic mass is 10.2. The Morgan fingerprint density at radius 3 is 2.73 bits per heavy atom. The highest BCUT2D eigenvalue weighted by atomic mass is 16.5. The lowest BCUT2D eigenvalue weighted by Crippen LogP contribution is -2.05. The quantitative estimate of drug-likeness (QED) is 0.729. The Hall–Kier alpha value is -3.60. The second kappa shape index (κ2) is 7.53. The molecule has 1 N–H and O–H groups in total. The summed E-state index contributed by atoms with van der Waals surface area (Å²) >= 11 is 0. The summed E-state index contributed by atoms with van der Waals surface area (Å²) in [5.41, 5.74) is 2.43. The molecule has 3 aromatic rings. The van der Waals surface area contributed by atoms with E-state index < -0.39 is 0 Å². The number of hydrogen-bond donors (Lipinski definition) is 1. The molecule has 0 bridgehead atoms. The highest BCUT2D eigenvalue weighted by molar-refractivity contribution is 5.64. The molecule has 0 aliphatic carbocycles. The van der Waals surface area contributed by atoms with Crippen molar-refractivity contribution < 1.29 is 9.47 Å². The van der Waals surface area contributed by atoms with Crippen LogP contribution in [0.1, 0.15) is 11.3 Å². The molecule has 0 unspecified atom stereocenters. The molecule has 26 heavy (non-hydrogen) atoms. The molecule has 3 rings (SSSR count). The first-order valence-electron chi connectivity index (χ1n) is 7.85. The van der Waals surface area contributed by atoms with E-state index in [2.05, 4.69) is 26.5 Å². The number of nitrogens with zero attached hydrogens (tertiary/aromatic N) is 5. The topological polar surface area (TPSA) is 97.9 Å². The molecular weight excluding hydrogens is 332 g/mol. The maximum atomic E-state index is 9.27. The van der Waals surface area contributed by atoms with Crippen molar-refractivity contribution in [3.05, 3.63) is 48.0 Å². The molecule has 2 aromatic heterocycles. The smallest absolute Gasteiger partial charge is 0.167 e. The van der Waals surface area contributed by atoms with E-state index in [4.69, 9.17) is 9.47 Å². The van der Waals surface area contributed by atoms with Gasteiger partial charge in [-0.05, 0) is 12.1 Å². The number of aromatic nitrogens is 4. The van der Waals surface area contributed by atoms with Crippen LogP contribution in [0.15, 0.2) is 36.8 Å². The number of anilines is 1. The molecule has 0 atom stereocenters. The predicted molar refractivity (Wildman–Crippen MR) is 95.8 cm³/mol. The van der Waals surface area contributed by atoms with Crippen molar-refractivity contribution in [1.29, 1.82) is 5.26 Å². The molecule has 2 heterocycles. The summed E-state index contributed by atoms with van der Waals surface area (Å²) in [6, 6.07) is 7.67. The summed E-state index contributed by atoms with van der Waals surface area (Å²) in [5.74, 6) is 1.99. The Balaban J connectivity index is 1.84. The van der Waals surface area contributed by atoms with Gasteiger partial charge in [0.1, 0.15) is 29.1 Å². The van der Waals surface area contributed by atoms with Gasteiger partial charge in [0.2, 0.25) is 0 Å². The monoisotopic (exact) mass is 350 g/mol. The van der Waals surface area contributed by atoms with Crippen molar-refractivity contribution in [2.45, 2.75) is 6.54 Å². The minimum absolute atomic E-state index is 0.255. The zero-order valence-corrected chi connectivity index (χ0v) is 14.7. The van der Waals surface area contributed by atoms with Gasteiger partial charge in [0, 0.05) is 37.0 Å². The zero-order chi connectivity index (χ0) is 18.5. The minimum Gasteiger partial charge on any atom is -0.497 e. The van der Waals surface area contributed by atoms with Crippen LogP contribution in [0.5, 0.6) is 11.5 Å². The molecular formula is C18H18N6O2. The molecule has 0 fully saturated rings. The summed E-state index contributed by atoms with van der Waals surface area (Å²) in [7, 11) is 5.03. The number of rotatable bonds is 6. The third-order valence-electron chi connectivity index (χ3n) is 3.81. The van der Waals surface area contributed by atoms with Gasteiger partial charge in [-0.3, -0.25) is 4.68 Å². The summed E-state index contributed by atoms with van der Waals surface area (Å²) in [4.78, 5) is 8.71. The molecule has 1 aromatic carbocycles. The van der Waals surface area contributed by atoms with Crippen LogP contribution in [0.3, 0.4) is 0 Å². The van der Waals surface area contributed by atoms with Gasteiger partial charge in [-0.2, -0.15) is 10.4 Å². The van der Waals surface area contributed by atoms with Gasteiger partial charge in [0.25, 0.3) is 0 Å². The van der Waals surface area contributed by atoms with Crippen molar-refractivity contribution in [3.8, 4) is 28.8 Å². The SMILES string of the molecule is COc1ccc(CNc2cnc(C#N)c(-c3cnn(C)c3)n2)c(OC)c1. The first-order chi connectivity index (χ1) is 12.6. The van der Waals surface area contributed by atoms with Crippen LogP contribution < -0.4 is 14.8 Å². The fourth-order valence-corrected chi connectivity index (χ4v) is 2.48. The minimum atomic E-state index is 0.255. The Kier molecular flexibility index (Phi) is 4.99. The van der Waals surface area contributed by atoms with Crippen LogP contribution in [0, 0.1) is 11.3 Å². The molecule has 132 valence electrons. The van der Waals surface area contributed by atoms with Crippen molar-refractivity contribution in [2.75, 3.05) is 19.5 Å². The molecule has 8 nitrogen and oxygen atoms in total. The number of nitrogens with one attached hydrogen (secondary N) is 1. The number of hydrogen-bond acceptors (Lipinski definition) is 7. The van der Waals surface area contributed by atoms with E-state index >= 15 is 0 Å². The van der Waals surface area contributed by atoms with Gasteiger partial charge in [-0.1, -0.05) is 0 Å². The van der Waals surface area contributed by atoms with Crippen molar-refractivity contribution in [2.24, 2.45) is 7.05 Å². The molecule has 0 spiro atoms. The average Bonchev–Trinajstić information content (AvgIpc) is 3.12. The zero-order valence-electron chi connectivity index (χ0n) is 14.7. The Bertz CT molecular complexity index is 961. The molecule has 8 heteroatoms. The van der Waals surface area contributed by atoms with Gasteiger partial charge >= 0.3 is 0 Å². The van der Waals surface area contributed by atoms with E-state index in [1.54, 1.807) is 38.3 Å². The maximum absolute atomic E-state index is 9.27. The van der Waals surface area contributed by atoms with Crippen LogP contribution in [0.4, 0.5) is 5.82 Å². The van der Waals surface area contributed by atoms with Crippen molar-refractivity contribution in [3.63, 3.8) is 0 Å². The maximum Gasteiger partial charge on any atom is 0.167 e. The Morgan fingerprint density at radius 1 is 1.23 bits per heavy atom. The molecule has 0 saturated carbocycles. The van der Waals surface area contributed by atoms with Crippen LogP contribution in [-0.4, -0.2) is 34.0 Å². The number of ether oxygens (including phenoxy) is 2. The van der Waals surface area contributed by atoms with Crippen molar-refractivity contribution >= 4 is 5.82 Å². The van der Waals surface area contributed by atoms with Gasteiger partial charge in [0.15, 0.2) is 5.69 Å². The summed E-state index contributed by atoms with van der Waals surface area (Å²) < 4.78 is 12.3. The Labute approximate surface area is 151 Å². The molecule has 0 amide bonds. The Morgan fingerprint density at radius 2 is 2.08 bits per heavy atom. The lowest BCUT2D eigenvalue weighted by molar-refractivity contribution is 0.391. The van der Waals surface area contributed by atoms with E-state index in [1.165, 1.54) is 6.20 Å². The van der Waals surface area contributed by atoms with Crippen LogP contribution in [0.25, 0.3) is 11.3 Å². The van der Waals surface area contributed by atoms with Gasteiger partial charge in [-0.25, -0.2) is 9.97 Å². The fourth-order valence-electron chi connectivity index (χ4n) is 2.48. The fraction of sp³-hybridized carbons (Fsp3) is 0.222. The summed E-state index contributed by atoms with van der Waals surface area (Å²) in [6.45, 7) is 0.486. The van der Waals surface area contributed by atoms with Gasteiger partial charge in [0.05, 0.1) is 26.6 Å². The normalized spacial score (nSPS) is 10.2. The number of methoxy groups -OCH3 is 2. The number of nitriles is 1. The lowest BCUT2D eigenvalue weighted by Gasteiger charge is -2.12. The van der Waals surface area contributed by atoms with Crippen molar-refractivity contribution in [1.82, 2.24) is 19.7 Å². The second-order valence-corrected chi connectivity index (χ2v) is 5.50. The summed E-state index contributed by atoms with van der Waals surface area (Å²) in [6.07, 6.45) is 4.98. The third-order valence-corrected chi connectivity index (χ3v) is 3.81. The number of benzene rings is 1. The largest absolute Gasteiger partial charge is 0.497 e. The molecule has 0 aliphatic heterocycles.